The molecule has 0 bridgehead atoms. The fourth-order valence-corrected chi connectivity index (χ4v) is 3.12. The Kier molecular flexibility index (Phi) is 7.49. The standard InChI is InChI=1S/C24H27NO5/c1-4-28-23(26)13-11-18-10-12-20(16-22(18)27-3)29-15-14-21-17(2)30-24(25-21)19-8-6-5-7-9-19/h5-10,12,16H,4,11,13-15H2,1-3H3. The molecule has 0 atom stereocenters. The third-order valence-electron chi connectivity index (χ3n) is 4.68. The number of hydrogen-bond donors (Lipinski definition) is 0. The second kappa shape index (κ2) is 10.5. The van der Waals surface area contributed by atoms with E-state index >= 15 is 0 Å². The van der Waals surface area contributed by atoms with Gasteiger partial charge in [0.1, 0.15) is 17.3 Å². The number of aryl methyl sites for hydroxylation is 2. The van der Waals surface area contributed by atoms with Crippen LogP contribution in [0, 0.1) is 6.92 Å². The van der Waals surface area contributed by atoms with Crippen molar-refractivity contribution in [3.63, 3.8) is 0 Å². The van der Waals surface area contributed by atoms with E-state index in [4.69, 9.17) is 18.6 Å². The Hall–Kier alpha value is -3.28. The fraction of sp³-hybridized carbons (Fsp3) is 0.333. The van der Waals surface area contributed by atoms with Crippen LogP contribution >= 0.6 is 0 Å². The molecule has 30 heavy (non-hydrogen) atoms. The van der Waals surface area contributed by atoms with Crippen molar-refractivity contribution in [1.82, 2.24) is 4.98 Å². The maximum atomic E-state index is 11.6. The average molecular weight is 409 g/mol. The van der Waals surface area contributed by atoms with Crippen LogP contribution in [0.15, 0.2) is 52.9 Å². The molecule has 1 heterocycles. The summed E-state index contributed by atoms with van der Waals surface area (Å²) in [5, 5.41) is 0. The molecule has 0 radical (unpaired) electrons. The van der Waals surface area contributed by atoms with E-state index in [1.165, 1.54) is 0 Å². The number of rotatable bonds is 10. The van der Waals surface area contributed by atoms with Gasteiger partial charge in [0.25, 0.3) is 0 Å². The SMILES string of the molecule is CCOC(=O)CCc1ccc(OCCc2nc(-c3ccccc3)oc2C)cc1OC. The predicted molar refractivity (Wildman–Crippen MR) is 114 cm³/mol. The molecule has 0 fully saturated rings. The van der Waals surface area contributed by atoms with Crippen LogP contribution in [-0.4, -0.2) is 31.3 Å². The van der Waals surface area contributed by atoms with Gasteiger partial charge in [-0.15, -0.1) is 0 Å². The van der Waals surface area contributed by atoms with Crippen molar-refractivity contribution in [1.29, 1.82) is 0 Å². The first-order chi connectivity index (χ1) is 14.6. The van der Waals surface area contributed by atoms with E-state index in [0.29, 0.717) is 49.9 Å². The van der Waals surface area contributed by atoms with Crippen molar-refractivity contribution in [2.75, 3.05) is 20.3 Å². The van der Waals surface area contributed by atoms with Gasteiger partial charge in [0.15, 0.2) is 0 Å². The summed E-state index contributed by atoms with van der Waals surface area (Å²) in [4.78, 5) is 16.2. The molecule has 0 N–H and O–H groups in total. The zero-order valence-electron chi connectivity index (χ0n) is 17.6. The van der Waals surface area contributed by atoms with E-state index in [9.17, 15) is 4.79 Å². The summed E-state index contributed by atoms with van der Waals surface area (Å²) >= 11 is 0. The van der Waals surface area contributed by atoms with E-state index in [2.05, 4.69) is 4.98 Å². The molecule has 0 aliphatic rings. The highest BCUT2D eigenvalue weighted by molar-refractivity contribution is 5.69. The quantitative estimate of drug-likeness (QED) is 0.449. The maximum absolute atomic E-state index is 11.6. The highest BCUT2D eigenvalue weighted by Gasteiger charge is 2.12. The van der Waals surface area contributed by atoms with Crippen LogP contribution in [0.4, 0.5) is 0 Å². The van der Waals surface area contributed by atoms with E-state index < -0.39 is 0 Å². The number of carbonyl (C=O) groups excluding carboxylic acids is 1. The third-order valence-corrected chi connectivity index (χ3v) is 4.68. The lowest BCUT2D eigenvalue weighted by Crippen LogP contribution is -2.06. The number of ether oxygens (including phenoxy) is 3. The minimum Gasteiger partial charge on any atom is -0.496 e. The lowest BCUT2D eigenvalue weighted by molar-refractivity contribution is -0.143. The highest BCUT2D eigenvalue weighted by Crippen LogP contribution is 2.26. The van der Waals surface area contributed by atoms with Crippen molar-refractivity contribution < 1.29 is 23.4 Å². The summed E-state index contributed by atoms with van der Waals surface area (Å²) in [5.74, 6) is 2.61. The van der Waals surface area contributed by atoms with Gasteiger partial charge in [-0.3, -0.25) is 4.79 Å². The Morgan fingerprint density at radius 2 is 1.90 bits per heavy atom. The van der Waals surface area contributed by atoms with E-state index in [0.717, 1.165) is 22.6 Å². The molecule has 158 valence electrons. The smallest absolute Gasteiger partial charge is 0.306 e. The zero-order valence-corrected chi connectivity index (χ0v) is 17.6. The van der Waals surface area contributed by atoms with Crippen LogP contribution in [-0.2, 0) is 22.4 Å². The number of esters is 1. The monoisotopic (exact) mass is 409 g/mol. The molecular weight excluding hydrogens is 382 g/mol. The van der Waals surface area contributed by atoms with Crippen LogP contribution in [0.5, 0.6) is 11.5 Å². The van der Waals surface area contributed by atoms with E-state index in [1.807, 2.05) is 55.5 Å². The second-order valence-corrected chi connectivity index (χ2v) is 6.77. The number of hydrogen-bond acceptors (Lipinski definition) is 6. The first-order valence-corrected chi connectivity index (χ1v) is 10.1. The van der Waals surface area contributed by atoms with Crippen LogP contribution in [0.2, 0.25) is 0 Å². The predicted octanol–water partition coefficient (Wildman–Crippen LogP) is 4.78. The average Bonchev–Trinajstić information content (AvgIpc) is 3.14. The van der Waals surface area contributed by atoms with Crippen LogP contribution in [0.3, 0.4) is 0 Å². The minimum absolute atomic E-state index is 0.210. The van der Waals surface area contributed by atoms with Crippen molar-refractivity contribution in [3.05, 3.63) is 65.5 Å². The molecule has 0 spiro atoms. The Bertz CT molecular complexity index is 965. The number of oxazole rings is 1. The van der Waals surface area contributed by atoms with Crippen molar-refractivity contribution in [2.45, 2.75) is 33.1 Å². The Balaban J connectivity index is 1.57. The van der Waals surface area contributed by atoms with Crippen LogP contribution in [0.25, 0.3) is 11.5 Å². The fourth-order valence-electron chi connectivity index (χ4n) is 3.12. The number of nitrogens with zero attached hydrogens (tertiary/aromatic N) is 1. The Labute approximate surface area is 176 Å². The zero-order chi connectivity index (χ0) is 21.3. The third kappa shape index (κ3) is 5.63. The van der Waals surface area contributed by atoms with Crippen LogP contribution < -0.4 is 9.47 Å². The summed E-state index contributed by atoms with van der Waals surface area (Å²) in [6.07, 6.45) is 1.51. The molecule has 6 heteroatoms. The molecule has 3 rings (SSSR count). The summed E-state index contributed by atoms with van der Waals surface area (Å²) in [7, 11) is 1.61. The van der Waals surface area contributed by atoms with Gasteiger partial charge in [-0.05, 0) is 44.0 Å². The molecule has 6 nitrogen and oxygen atoms in total. The Morgan fingerprint density at radius 3 is 2.63 bits per heavy atom. The second-order valence-electron chi connectivity index (χ2n) is 6.77. The molecule has 0 unspecified atom stereocenters. The number of carbonyl (C=O) groups is 1. The van der Waals surface area contributed by atoms with Gasteiger partial charge in [-0.2, -0.15) is 0 Å². The molecule has 0 saturated carbocycles. The highest BCUT2D eigenvalue weighted by atomic mass is 16.5. The van der Waals surface area contributed by atoms with Crippen molar-refractivity contribution in [3.8, 4) is 23.0 Å². The molecule has 0 aliphatic carbocycles. The van der Waals surface area contributed by atoms with Gasteiger partial charge in [0, 0.05) is 24.5 Å². The summed E-state index contributed by atoms with van der Waals surface area (Å²) in [6, 6.07) is 15.5. The minimum atomic E-state index is -0.210. The molecule has 0 aliphatic heterocycles. The van der Waals surface area contributed by atoms with Crippen LogP contribution in [0.1, 0.15) is 30.4 Å². The number of benzene rings is 2. The lowest BCUT2D eigenvalue weighted by atomic mass is 10.1. The van der Waals surface area contributed by atoms with Crippen molar-refractivity contribution in [2.24, 2.45) is 0 Å². The van der Waals surface area contributed by atoms with Crippen molar-refractivity contribution >= 4 is 5.97 Å². The van der Waals surface area contributed by atoms with E-state index in [-0.39, 0.29) is 5.97 Å². The molecule has 0 amide bonds. The first kappa shape index (κ1) is 21.4. The molecular formula is C24H27NO5. The summed E-state index contributed by atoms with van der Waals surface area (Å²) in [5.41, 5.74) is 2.78. The molecule has 2 aromatic carbocycles. The van der Waals surface area contributed by atoms with Gasteiger partial charge in [-0.25, -0.2) is 4.98 Å². The largest absolute Gasteiger partial charge is 0.496 e. The number of aromatic nitrogens is 1. The van der Waals surface area contributed by atoms with Gasteiger partial charge in [0.2, 0.25) is 5.89 Å². The molecule has 3 aromatic rings. The number of methoxy groups -OCH3 is 1. The molecule has 1 aromatic heterocycles. The normalized spacial score (nSPS) is 10.6. The summed E-state index contributed by atoms with van der Waals surface area (Å²) in [6.45, 7) is 4.57. The van der Waals surface area contributed by atoms with E-state index in [1.54, 1.807) is 14.0 Å². The van der Waals surface area contributed by atoms with Gasteiger partial charge < -0.3 is 18.6 Å². The van der Waals surface area contributed by atoms with Gasteiger partial charge >= 0.3 is 5.97 Å². The maximum Gasteiger partial charge on any atom is 0.306 e. The summed E-state index contributed by atoms with van der Waals surface area (Å²) < 4.78 is 22.1. The lowest BCUT2D eigenvalue weighted by Gasteiger charge is -2.11. The Morgan fingerprint density at radius 1 is 1.10 bits per heavy atom. The topological polar surface area (TPSA) is 70.8 Å². The first-order valence-electron chi connectivity index (χ1n) is 10.1. The molecule has 0 saturated heterocycles. The van der Waals surface area contributed by atoms with Gasteiger partial charge in [-0.1, -0.05) is 24.3 Å². The van der Waals surface area contributed by atoms with Gasteiger partial charge in [0.05, 0.1) is 26.0 Å².